The lowest BCUT2D eigenvalue weighted by molar-refractivity contribution is 0.0952. The van der Waals surface area contributed by atoms with Crippen molar-refractivity contribution in [3.63, 3.8) is 0 Å². The molecule has 0 saturated heterocycles. The van der Waals surface area contributed by atoms with Crippen molar-refractivity contribution < 1.29 is 4.79 Å². The van der Waals surface area contributed by atoms with Crippen molar-refractivity contribution in [1.29, 1.82) is 0 Å². The molecule has 4 aromatic rings. The Morgan fingerprint density at radius 1 is 1.31 bits per heavy atom. The summed E-state index contributed by atoms with van der Waals surface area (Å²) in [6.45, 7) is 2.33. The first kappa shape index (κ1) is 17.6. The van der Waals surface area contributed by atoms with Gasteiger partial charge in [0.25, 0.3) is 5.91 Å². The number of nitrogens with zero attached hydrogens (tertiary/aromatic N) is 4. The van der Waals surface area contributed by atoms with E-state index in [1.54, 1.807) is 17.1 Å². The Balaban J connectivity index is 1.47. The number of amides is 1. The fourth-order valence-electron chi connectivity index (χ4n) is 3.82. The van der Waals surface area contributed by atoms with Gasteiger partial charge in [0.2, 0.25) is 0 Å². The third-order valence-electron chi connectivity index (χ3n) is 5.44. The summed E-state index contributed by atoms with van der Waals surface area (Å²) in [4.78, 5) is 25.4. The molecule has 0 spiro atoms. The van der Waals surface area contributed by atoms with Crippen LogP contribution in [0.4, 0.5) is 0 Å². The molecule has 1 aliphatic carbocycles. The van der Waals surface area contributed by atoms with Gasteiger partial charge in [-0.1, -0.05) is 24.3 Å². The average molecular weight is 386 g/mol. The number of aromatic amines is 1. The molecule has 0 radical (unpaired) electrons. The van der Waals surface area contributed by atoms with E-state index in [0.717, 1.165) is 52.2 Å². The lowest BCUT2D eigenvalue weighted by atomic mass is 10.1. The van der Waals surface area contributed by atoms with E-state index in [-0.39, 0.29) is 5.91 Å². The van der Waals surface area contributed by atoms with E-state index in [1.165, 1.54) is 0 Å². The summed E-state index contributed by atoms with van der Waals surface area (Å²) in [5, 5.41) is 8.40. The number of aryl methyl sites for hydroxylation is 2. The Labute approximate surface area is 168 Å². The van der Waals surface area contributed by atoms with Gasteiger partial charge in [0.05, 0.1) is 16.6 Å². The molecule has 0 bridgehead atoms. The van der Waals surface area contributed by atoms with Gasteiger partial charge in [-0.3, -0.25) is 9.48 Å². The quantitative estimate of drug-likeness (QED) is 0.550. The Hall–Kier alpha value is -3.48. The topological polar surface area (TPSA) is 88.5 Å². The SMILES string of the molecule is Cc1nn(C)c2nc(C3CC3)cc(C(=O)NCc3ccccc3-c3ncc[nH]3)c12. The second-order valence-corrected chi connectivity index (χ2v) is 7.55. The fraction of sp³-hybridized carbons (Fsp3) is 0.273. The standard InChI is InChI=1S/C22H22N6O/c1-13-19-17(11-18(14-7-8-14)26-21(19)28(2)27-13)22(29)25-12-15-5-3-4-6-16(15)20-23-9-10-24-20/h3-6,9-11,14H,7-8,12H2,1-2H3,(H,23,24)(H,25,29). The van der Waals surface area contributed by atoms with Gasteiger partial charge in [-0.05, 0) is 31.4 Å². The molecule has 146 valence electrons. The van der Waals surface area contributed by atoms with Crippen molar-refractivity contribution in [3.05, 3.63) is 65.2 Å². The normalized spacial score (nSPS) is 13.7. The Kier molecular flexibility index (Phi) is 4.16. The fourth-order valence-corrected chi connectivity index (χ4v) is 3.82. The minimum Gasteiger partial charge on any atom is -0.348 e. The molecular weight excluding hydrogens is 364 g/mol. The van der Waals surface area contributed by atoms with Crippen LogP contribution in [0.15, 0.2) is 42.7 Å². The van der Waals surface area contributed by atoms with Crippen molar-refractivity contribution in [2.45, 2.75) is 32.2 Å². The molecule has 29 heavy (non-hydrogen) atoms. The van der Waals surface area contributed by atoms with Crippen molar-refractivity contribution in [2.75, 3.05) is 0 Å². The third-order valence-corrected chi connectivity index (χ3v) is 5.44. The predicted octanol–water partition coefficient (Wildman–Crippen LogP) is 3.47. The summed E-state index contributed by atoms with van der Waals surface area (Å²) in [6.07, 6.45) is 5.78. The Bertz CT molecular complexity index is 1200. The number of hydrogen-bond acceptors (Lipinski definition) is 4. The third kappa shape index (κ3) is 3.18. The first-order valence-corrected chi connectivity index (χ1v) is 9.82. The predicted molar refractivity (Wildman–Crippen MR) is 110 cm³/mol. The molecule has 3 heterocycles. The summed E-state index contributed by atoms with van der Waals surface area (Å²) >= 11 is 0. The van der Waals surface area contributed by atoms with Crippen LogP contribution in [-0.4, -0.2) is 30.6 Å². The minimum atomic E-state index is -0.107. The van der Waals surface area contributed by atoms with Gasteiger partial charge in [-0.2, -0.15) is 5.10 Å². The first-order chi connectivity index (χ1) is 14.1. The lowest BCUT2D eigenvalue weighted by Gasteiger charge is -2.11. The van der Waals surface area contributed by atoms with Gasteiger partial charge in [0.1, 0.15) is 5.82 Å². The minimum absolute atomic E-state index is 0.107. The number of nitrogens with one attached hydrogen (secondary N) is 2. The average Bonchev–Trinajstić information content (AvgIpc) is 3.36. The van der Waals surface area contributed by atoms with Gasteiger partial charge in [0, 0.05) is 43.2 Å². The molecule has 1 fully saturated rings. The summed E-state index contributed by atoms with van der Waals surface area (Å²) in [5.74, 6) is 1.14. The Morgan fingerprint density at radius 3 is 2.90 bits per heavy atom. The maximum absolute atomic E-state index is 13.2. The van der Waals surface area contributed by atoms with Crippen LogP contribution in [0.1, 0.15) is 46.1 Å². The highest BCUT2D eigenvalue weighted by molar-refractivity contribution is 6.06. The van der Waals surface area contributed by atoms with E-state index in [0.29, 0.717) is 18.0 Å². The number of H-pyrrole nitrogens is 1. The number of carbonyl (C=O) groups excluding carboxylic acids is 1. The van der Waals surface area contributed by atoms with E-state index in [9.17, 15) is 4.79 Å². The van der Waals surface area contributed by atoms with Crippen molar-refractivity contribution >= 4 is 16.9 Å². The summed E-state index contributed by atoms with van der Waals surface area (Å²) < 4.78 is 1.76. The van der Waals surface area contributed by atoms with E-state index in [1.807, 2.05) is 44.3 Å². The zero-order valence-corrected chi connectivity index (χ0v) is 16.4. The van der Waals surface area contributed by atoms with Gasteiger partial charge in [-0.15, -0.1) is 0 Å². The molecule has 5 rings (SSSR count). The van der Waals surface area contributed by atoms with Crippen molar-refractivity contribution in [2.24, 2.45) is 7.05 Å². The molecule has 1 aliphatic rings. The molecular formula is C22H22N6O. The molecule has 0 aliphatic heterocycles. The molecule has 3 aromatic heterocycles. The van der Waals surface area contributed by atoms with Gasteiger partial charge in [0.15, 0.2) is 5.65 Å². The van der Waals surface area contributed by atoms with E-state index >= 15 is 0 Å². The van der Waals surface area contributed by atoms with Crippen LogP contribution in [0, 0.1) is 6.92 Å². The van der Waals surface area contributed by atoms with Crippen molar-refractivity contribution in [1.82, 2.24) is 30.0 Å². The van der Waals surface area contributed by atoms with Crippen LogP contribution in [0.3, 0.4) is 0 Å². The highest BCUT2D eigenvalue weighted by Gasteiger charge is 2.28. The number of hydrogen-bond donors (Lipinski definition) is 2. The second kappa shape index (κ2) is 6.84. The maximum Gasteiger partial charge on any atom is 0.252 e. The largest absolute Gasteiger partial charge is 0.348 e. The molecule has 1 saturated carbocycles. The first-order valence-electron chi connectivity index (χ1n) is 9.82. The smallest absolute Gasteiger partial charge is 0.252 e. The lowest BCUT2D eigenvalue weighted by Crippen LogP contribution is -2.24. The number of aromatic nitrogens is 5. The maximum atomic E-state index is 13.2. The monoisotopic (exact) mass is 386 g/mol. The van der Waals surface area contributed by atoms with Crippen LogP contribution < -0.4 is 5.32 Å². The number of fused-ring (bicyclic) bond motifs is 1. The summed E-state index contributed by atoms with van der Waals surface area (Å²) in [5.41, 5.74) is 5.21. The van der Waals surface area contributed by atoms with Crippen LogP contribution in [0.5, 0.6) is 0 Å². The van der Waals surface area contributed by atoms with Crippen LogP contribution in [-0.2, 0) is 13.6 Å². The highest BCUT2D eigenvalue weighted by Crippen LogP contribution is 2.40. The van der Waals surface area contributed by atoms with Gasteiger partial charge < -0.3 is 10.3 Å². The van der Waals surface area contributed by atoms with E-state index in [4.69, 9.17) is 4.98 Å². The van der Waals surface area contributed by atoms with Crippen LogP contribution in [0.2, 0.25) is 0 Å². The Morgan fingerprint density at radius 2 is 2.14 bits per heavy atom. The molecule has 7 nitrogen and oxygen atoms in total. The number of benzene rings is 1. The zero-order valence-electron chi connectivity index (χ0n) is 16.4. The number of pyridine rings is 1. The van der Waals surface area contributed by atoms with Gasteiger partial charge >= 0.3 is 0 Å². The van der Waals surface area contributed by atoms with E-state index < -0.39 is 0 Å². The van der Waals surface area contributed by atoms with Gasteiger partial charge in [-0.25, -0.2) is 9.97 Å². The van der Waals surface area contributed by atoms with E-state index in [2.05, 4.69) is 20.4 Å². The molecule has 7 heteroatoms. The van der Waals surface area contributed by atoms with Crippen LogP contribution in [0.25, 0.3) is 22.4 Å². The number of carbonyl (C=O) groups is 1. The second-order valence-electron chi connectivity index (χ2n) is 7.55. The molecule has 1 amide bonds. The number of imidazole rings is 1. The number of rotatable bonds is 5. The van der Waals surface area contributed by atoms with Crippen molar-refractivity contribution in [3.8, 4) is 11.4 Å². The molecule has 0 atom stereocenters. The zero-order chi connectivity index (χ0) is 20.0. The molecule has 2 N–H and O–H groups in total. The summed E-state index contributed by atoms with van der Waals surface area (Å²) in [7, 11) is 1.88. The summed E-state index contributed by atoms with van der Waals surface area (Å²) in [6, 6.07) is 9.89. The molecule has 0 unspecified atom stereocenters. The molecule has 1 aromatic carbocycles. The van der Waals surface area contributed by atoms with Crippen LogP contribution >= 0.6 is 0 Å². The highest BCUT2D eigenvalue weighted by atomic mass is 16.1.